The van der Waals surface area contributed by atoms with Crippen molar-refractivity contribution in [1.29, 1.82) is 0 Å². The highest BCUT2D eigenvalue weighted by Gasteiger charge is 2.25. The van der Waals surface area contributed by atoms with Gasteiger partial charge in [-0.15, -0.1) is 0 Å². The monoisotopic (exact) mass is 423 g/mol. The highest BCUT2D eigenvalue weighted by atomic mass is 35.5. The van der Waals surface area contributed by atoms with Gasteiger partial charge in [0, 0.05) is 10.7 Å². The molecule has 0 fully saturated rings. The lowest BCUT2D eigenvalue weighted by Gasteiger charge is -2.26. The Kier molecular flexibility index (Phi) is 4.64. The van der Waals surface area contributed by atoms with E-state index in [1.165, 1.54) is 12.1 Å². The summed E-state index contributed by atoms with van der Waals surface area (Å²) in [5.74, 6) is 0.827. The maximum Gasteiger partial charge on any atom is 0.387 e. The molecule has 1 aromatic heterocycles. The maximum absolute atomic E-state index is 12.4. The molecule has 1 aliphatic heterocycles. The van der Waals surface area contributed by atoms with Crippen LogP contribution in [0.15, 0.2) is 78.9 Å². The second kappa shape index (κ2) is 7.46. The number of rotatable bonds is 4. The van der Waals surface area contributed by atoms with Crippen LogP contribution in [0.4, 0.5) is 14.7 Å². The zero-order valence-corrected chi connectivity index (χ0v) is 16.4. The van der Waals surface area contributed by atoms with Crippen LogP contribution in [0, 0.1) is 0 Å². The van der Waals surface area contributed by atoms with E-state index in [0.717, 1.165) is 27.9 Å². The fourth-order valence-electron chi connectivity index (χ4n) is 3.70. The summed E-state index contributed by atoms with van der Waals surface area (Å²) in [6, 6.07) is 22.1. The molecule has 1 atom stereocenters. The average molecular weight is 424 g/mol. The van der Waals surface area contributed by atoms with Gasteiger partial charge in [0.05, 0.1) is 17.1 Å². The number of allylic oxidation sites excluding steroid dienone is 1. The van der Waals surface area contributed by atoms with Crippen LogP contribution >= 0.6 is 11.6 Å². The Morgan fingerprint density at radius 1 is 0.967 bits per heavy atom. The Morgan fingerprint density at radius 3 is 2.43 bits per heavy atom. The first-order chi connectivity index (χ1) is 14.6. The number of hydrogen-bond acceptors (Lipinski definition) is 3. The van der Waals surface area contributed by atoms with Crippen molar-refractivity contribution in [3.63, 3.8) is 0 Å². The van der Waals surface area contributed by atoms with Crippen LogP contribution in [0.5, 0.6) is 5.75 Å². The highest BCUT2D eigenvalue weighted by molar-refractivity contribution is 6.30. The van der Waals surface area contributed by atoms with E-state index in [9.17, 15) is 8.78 Å². The van der Waals surface area contributed by atoms with Gasteiger partial charge in [0.25, 0.3) is 0 Å². The lowest BCUT2D eigenvalue weighted by molar-refractivity contribution is -0.0498. The van der Waals surface area contributed by atoms with Crippen molar-refractivity contribution in [2.75, 3.05) is 5.32 Å². The lowest BCUT2D eigenvalue weighted by atomic mass is 10.0. The Hall–Kier alpha value is -3.38. The fourth-order valence-corrected chi connectivity index (χ4v) is 3.82. The number of imidazole rings is 1. The van der Waals surface area contributed by atoms with Crippen LogP contribution in [-0.2, 0) is 0 Å². The number of nitrogens with one attached hydrogen (secondary N) is 1. The van der Waals surface area contributed by atoms with Crippen molar-refractivity contribution in [2.45, 2.75) is 12.7 Å². The van der Waals surface area contributed by atoms with Crippen molar-refractivity contribution in [2.24, 2.45) is 0 Å². The molecule has 0 bridgehead atoms. The summed E-state index contributed by atoms with van der Waals surface area (Å²) in [5.41, 5.74) is 4.63. The van der Waals surface area contributed by atoms with Crippen LogP contribution in [0.3, 0.4) is 0 Å². The summed E-state index contributed by atoms with van der Waals surface area (Å²) >= 11 is 6.09. The molecule has 30 heavy (non-hydrogen) atoms. The summed E-state index contributed by atoms with van der Waals surface area (Å²) in [7, 11) is 0. The third-order valence-corrected chi connectivity index (χ3v) is 5.30. The van der Waals surface area contributed by atoms with Crippen molar-refractivity contribution in [3.05, 3.63) is 95.0 Å². The number of anilines is 1. The third kappa shape index (κ3) is 3.39. The molecule has 0 aliphatic carbocycles. The minimum Gasteiger partial charge on any atom is -0.435 e. The lowest BCUT2D eigenvalue weighted by Crippen LogP contribution is -2.19. The first-order valence-corrected chi connectivity index (χ1v) is 9.73. The van der Waals surface area contributed by atoms with Crippen LogP contribution < -0.4 is 10.1 Å². The highest BCUT2D eigenvalue weighted by Crippen LogP contribution is 2.37. The van der Waals surface area contributed by atoms with E-state index in [2.05, 4.69) is 20.7 Å². The van der Waals surface area contributed by atoms with Gasteiger partial charge in [0.15, 0.2) is 0 Å². The van der Waals surface area contributed by atoms with Crippen LogP contribution in [0.25, 0.3) is 16.7 Å². The number of fused-ring (bicyclic) bond motifs is 3. The van der Waals surface area contributed by atoms with Gasteiger partial charge in [-0.2, -0.15) is 8.78 Å². The summed E-state index contributed by atoms with van der Waals surface area (Å²) in [5, 5.41) is 4.04. The number of aromatic nitrogens is 2. The molecular formula is C23H16ClF2N3O. The second-order valence-electron chi connectivity index (χ2n) is 6.90. The molecule has 0 spiro atoms. The minimum absolute atomic E-state index is 0.113. The van der Waals surface area contributed by atoms with Gasteiger partial charge >= 0.3 is 6.61 Å². The fraction of sp³-hybridized carbons (Fsp3) is 0.0870. The molecule has 3 aromatic carbocycles. The summed E-state index contributed by atoms with van der Waals surface area (Å²) in [4.78, 5) is 4.74. The molecule has 2 heterocycles. The minimum atomic E-state index is -2.85. The summed E-state index contributed by atoms with van der Waals surface area (Å²) in [6.45, 7) is -2.85. The second-order valence-corrected chi connectivity index (χ2v) is 7.34. The molecule has 0 saturated heterocycles. The number of halogens is 3. The Labute approximate surface area is 176 Å². The number of nitrogens with zero attached hydrogens (tertiary/aromatic N) is 2. The number of hydrogen-bond donors (Lipinski definition) is 1. The van der Waals surface area contributed by atoms with Gasteiger partial charge in [-0.25, -0.2) is 4.98 Å². The smallest absolute Gasteiger partial charge is 0.387 e. The molecule has 5 rings (SSSR count). The van der Waals surface area contributed by atoms with Crippen molar-refractivity contribution < 1.29 is 13.5 Å². The van der Waals surface area contributed by atoms with Gasteiger partial charge < -0.3 is 10.1 Å². The molecule has 0 unspecified atom stereocenters. The van der Waals surface area contributed by atoms with Crippen LogP contribution in [-0.4, -0.2) is 16.2 Å². The van der Waals surface area contributed by atoms with Crippen LogP contribution in [0.1, 0.15) is 17.2 Å². The van der Waals surface area contributed by atoms with E-state index >= 15 is 0 Å². The molecule has 7 heteroatoms. The van der Waals surface area contributed by atoms with Crippen molar-refractivity contribution in [3.8, 4) is 5.75 Å². The van der Waals surface area contributed by atoms with Gasteiger partial charge in [-0.1, -0.05) is 35.9 Å². The SMILES string of the molecule is FC(F)Oc1ccc(C2=C[C@H](c3ccc(Cl)cc3)n3c(nc4ccccc43)N2)cc1. The number of ether oxygens (including phenoxy) is 1. The van der Waals surface area contributed by atoms with Gasteiger partial charge in [0.1, 0.15) is 5.75 Å². The summed E-state index contributed by atoms with van der Waals surface area (Å²) < 4.78 is 31.5. The number of alkyl halides is 2. The van der Waals surface area contributed by atoms with E-state index in [4.69, 9.17) is 16.6 Å². The third-order valence-electron chi connectivity index (χ3n) is 5.05. The summed E-state index contributed by atoms with van der Waals surface area (Å²) in [6.07, 6.45) is 2.09. The molecule has 1 aliphatic rings. The van der Waals surface area contributed by atoms with Gasteiger partial charge in [-0.3, -0.25) is 4.57 Å². The van der Waals surface area contributed by atoms with E-state index in [0.29, 0.717) is 11.0 Å². The molecule has 4 aromatic rings. The Bertz CT molecular complexity index is 1230. The Balaban J connectivity index is 1.60. The molecule has 0 saturated carbocycles. The molecular weight excluding hydrogens is 408 g/mol. The van der Waals surface area contributed by atoms with Gasteiger partial charge in [0.2, 0.25) is 5.95 Å². The predicted octanol–water partition coefficient (Wildman–Crippen LogP) is 6.35. The predicted molar refractivity (Wildman–Crippen MR) is 114 cm³/mol. The number of benzene rings is 3. The standard InChI is InChI=1S/C23H16ClF2N3O/c24-16-9-5-15(6-10-16)21-13-19(14-7-11-17(12-8-14)30-22(25)26)28-23-27-18-3-1-2-4-20(18)29(21)23/h1-13,21-22H,(H,27,28)/t21-/m1/s1. The normalized spacial score (nSPS) is 15.6. The largest absolute Gasteiger partial charge is 0.435 e. The Morgan fingerprint density at radius 2 is 1.70 bits per heavy atom. The molecule has 1 N–H and O–H groups in total. The number of para-hydroxylation sites is 2. The zero-order valence-electron chi connectivity index (χ0n) is 15.6. The topological polar surface area (TPSA) is 39.1 Å². The first-order valence-electron chi connectivity index (χ1n) is 9.35. The first kappa shape index (κ1) is 18.6. The van der Waals surface area contributed by atoms with Crippen molar-refractivity contribution >= 4 is 34.3 Å². The molecule has 0 radical (unpaired) electrons. The molecule has 0 amide bonds. The van der Waals surface area contributed by atoms with E-state index in [1.54, 1.807) is 12.1 Å². The van der Waals surface area contributed by atoms with Gasteiger partial charge in [-0.05, 0) is 65.7 Å². The van der Waals surface area contributed by atoms with Crippen LogP contribution in [0.2, 0.25) is 5.02 Å². The molecule has 150 valence electrons. The molecule has 4 nitrogen and oxygen atoms in total. The van der Waals surface area contributed by atoms with E-state index in [1.807, 2.05) is 48.5 Å². The van der Waals surface area contributed by atoms with E-state index < -0.39 is 6.61 Å². The quantitative estimate of drug-likeness (QED) is 0.416. The van der Waals surface area contributed by atoms with E-state index in [-0.39, 0.29) is 11.8 Å². The zero-order chi connectivity index (χ0) is 20.7. The van der Waals surface area contributed by atoms with Crippen molar-refractivity contribution in [1.82, 2.24) is 9.55 Å². The maximum atomic E-state index is 12.4. The average Bonchev–Trinajstić information content (AvgIpc) is 3.12.